The van der Waals surface area contributed by atoms with Crippen LogP contribution in [0.5, 0.6) is 0 Å². The van der Waals surface area contributed by atoms with Crippen LogP contribution in [0.4, 0.5) is 0 Å². The van der Waals surface area contributed by atoms with Crippen molar-refractivity contribution in [2.75, 3.05) is 26.2 Å². The van der Waals surface area contributed by atoms with E-state index >= 15 is 0 Å². The quantitative estimate of drug-likeness (QED) is 0.423. The molecule has 0 aliphatic heterocycles. The van der Waals surface area contributed by atoms with Gasteiger partial charge in [-0.15, -0.1) is 0 Å². The molecule has 28 heavy (non-hydrogen) atoms. The van der Waals surface area contributed by atoms with Crippen molar-refractivity contribution in [3.63, 3.8) is 0 Å². The lowest BCUT2D eigenvalue weighted by Gasteiger charge is -2.31. The Hall–Kier alpha value is -2.78. The highest BCUT2D eigenvalue weighted by Crippen LogP contribution is 2.20. The second-order valence-electron chi connectivity index (χ2n) is 6.30. The highest BCUT2D eigenvalue weighted by atomic mass is 16.4. The number of carbonyl (C=O) groups is 2. The molecule has 8 nitrogen and oxygen atoms in total. The van der Waals surface area contributed by atoms with E-state index in [2.05, 4.69) is 0 Å². The fourth-order valence-corrected chi connectivity index (χ4v) is 2.85. The molecule has 2 aromatic rings. The zero-order chi connectivity index (χ0) is 20.5. The molecule has 0 saturated heterocycles. The Labute approximate surface area is 162 Å². The third-order valence-corrected chi connectivity index (χ3v) is 4.24. The minimum absolute atomic E-state index is 0.0412. The summed E-state index contributed by atoms with van der Waals surface area (Å²) in [4.78, 5) is 25.0. The predicted octanol–water partition coefficient (Wildman–Crippen LogP) is 1.14. The van der Waals surface area contributed by atoms with E-state index in [1.54, 1.807) is 60.7 Å². The molecule has 0 amide bonds. The van der Waals surface area contributed by atoms with Crippen LogP contribution in [0.3, 0.4) is 0 Å². The second-order valence-corrected chi connectivity index (χ2v) is 6.30. The van der Waals surface area contributed by atoms with Crippen LogP contribution >= 0.6 is 0 Å². The van der Waals surface area contributed by atoms with Crippen LogP contribution in [0.25, 0.3) is 0 Å². The number of hydrogen-bond donors (Lipinski definition) is 4. The number of benzene rings is 2. The first-order valence-electron chi connectivity index (χ1n) is 8.76. The van der Waals surface area contributed by atoms with Gasteiger partial charge >= 0.3 is 11.9 Å². The van der Waals surface area contributed by atoms with E-state index in [9.17, 15) is 19.8 Å². The van der Waals surface area contributed by atoms with Gasteiger partial charge in [-0.25, -0.2) is 0 Å². The van der Waals surface area contributed by atoms with Crippen molar-refractivity contribution in [1.29, 1.82) is 0 Å². The molecule has 4 N–H and O–H groups in total. The topological polar surface area (TPSA) is 122 Å². The smallest absolute Gasteiger partial charge is 0.317 e. The maximum absolute atomic E-state index is 11.2. The number of aliphatic carboxylic acids is 2. The van der Waals surface area contributed by atoms with E-state index < -0.39 is 37.5 Å². The van der Waals surface area contributed by atoms with Crippen LogP contribution < -0.4 is 0 Å². The zero-order valence-corrected chi connectivity index (χ0v) is 15.3. The zero-order valence-electron chi connectivity index (χ0n) is 15.3. The lowest BCUT2D eigenvalue weighted by molar-refractivity contribution is -0.145. The molecule has 2 unspecified atom stereocenters. The van der Waals surface area contributed by atoms with Crippen LogP contribution in [0.15, 0.2) is 60.7 Å². The van der Waals surface area contributed by atoms with Crippen LogP contribution in [-0.4, -0.2) is 68.3 Å². The number of hydrogen-bond acceptors (Lipinski definition) is 6. The van der Waals surface area contributed by atoms with Crippen molar-refractivity contribution in [1.82, 2.24) is 9.80 Å². The Bertz CT molecular complexity index is 690. The fourth-order valence-electron chi connectivity index (χ4n) is 2.85. The minimum Gasteiger partial charge on any atom is -0.480 e. The van der Waals surface area contributed by atoms with Gasteiger partial charge in [-0.2, -0.15) is 0 Å². The van der Waals surface area contributed by atoms with Crippen LogP contribution in [0, 0.1) is 0 Å². The molecule has 0 saturated carbocycles. The average molecular weight is 388 g/mol. The van der Waals surface area contributed by atoms with Gasteiger partial charge in [-0.1, -0.05) is 60.7 Å². The molecule has 150 valence electrons. The van der Waals surface area contributed by atoms with Crippen molar-refractivity contribution in [2.45, 2.75) is 12.5 Å². The second kappa shape index (κ2) is 10.5. The summed E-state index contributed by atoms with van der Waals surface area (Å²) in [6.45, 7) is -0.782. The van der Waals surface area contributed by atoms with Crippen molar-refractivity contribution >= 4 is 11.9 Å². The first-order chi connectivity index (χ1) is 13.4. The summed E-state index contributed by atoms with van der Waals surface area (Å²) in [7, 11) is 0. The number of rotatable bonds is 11. The third kappa shape index (κ3) is 6.43. The summed E-state index contributed by atoms with van der Waals surface area (Å²) >= 11 is 0. The molecule has 0 radical (unpaired) electrons. The van der Waals surface area contributed by atoms with Crippen molar-refractivity contribution in [3.05, 3.63) is 71.8 Å². The molecule has 0 aromatic heterocycles. The Kier molecular flexibility index (Phi) is 8.09. The normalized spacial score (nSPS) is 13.4. The van der Waals surface area contributed by atoms with E-state index in [4.69, 9.17) is 10.2 Å². The van der Waals surface area contributed by atoms with E-state index in [0.717, 1.165) is 0 Å². The molecule has 8 heteroatoms. The lowest BCUT2D eigenvalue weighted by atomic mass is 10.1. The summed E-state index contributed by atoms with van der Waals surface area (Å²) < 4.78 is 0. The van der Waals surface area contributed by atoms with Gasteiger partial charge in [0.05, 0.1) is 13.1 Å². The number of carboxylic acid groups (broad SMARTS) is 2. The van der Waals surface area contributed by atoms with Gasteiger partial charge in [-0.05, 0) is 11.1 Å². The van der Waals surface area contributed by atoms with Gasteiger partial charge < -0.3 is 20.4 Å². The highest BCUT2D eigenvalue weighted by molar-refractivity contribution is 5.69. The van der Waals surface area contributed by atoms with Crippen LogP contribution in [0.2, 0.25) is 0 Å². The summed E-state index contributed by atoms with van der Waals surface area (Å²) in [6.07, 6.45) is -2.34. The monoisotopic (exact) mass is 388 g/mol. The molecule has 2 atom stereocenters. The minimum atomic E-state index is -1.17. The SMILES string of the molecule is O=C(O)CN(CCN(CC(=O)O)C(O)c1ccccc1)C(O)c1ccccc1. The summed E-state index contributed by atoms with van der Waals surface area (Å²) in [6, 6.07) is 17.2. The molecule has 0 fully saturated rings. The maximum Gasteiger partial charge on any atom is 0.317 e. The predicted molar refractivity (Wildman–Crippen MR) is 101 cm³/mol. The number of aliphatic hydroxyl groups is 2. The molecule has 0 spiro atoms. The van der Waals surface area contributed by atoms with E-state index in [1.807, 2.05) is 0 Å². The van der Waals surface area contributed by atoms with Gasteiger partial charge in [0.2, 0.25) is 0 Å². The molecule has 0 bridgehead atoms. The standard InChI is InChI=1S/C20H24N2O6/c23-17(24)13-21(19(27)15-7-3-1-4-8-15)11-12-22(14-18(25)26)20(28)16-9-5-2-6-10-16/h1-10,19-20,27-28H,11-14H2,(H,23,24)(H,25,26). The molecule has 0 aliphatic rings. The van der Waals surface area contributed by atoms with Crippen LogP contribution in [0.1, 0.15) is 23.6 Å². The lowest BCUT2D eigenvalue weighted by Crippen LogP contribution is -2.42. The third-order valence-electron chi connectivity index (χ3n) is 4.24. The largest absolute Gasteiger partial charge is 0.480 e. The molecule has 2 rings (SSSR count). The summed E-state index contributed by atoms with van der Waals surface area (Å²) in [5.74, 6) is -2.24. The van der Waals surface area contributed by atoms with Gasteiger partial charge in [0, 0.05) is 13.1 Å². The van der Waals surface area contributed by atoms with Gasteiger partial charge in [0.25, 0.3) is 0 Å². The number of nitrogens with zero attached hydrogens (tertiary/aromatic N) is 2. The molecular formula is C20H24N2O6. The molecule has 2 aromatic carbocycles. The Morgan fingerprint density at radius 3 is 1.29 bits per heavy atom. The Morgan fingerprint density at radius 2 is 1.00 bits per heavy atom. The van der Waals surface area contributed by atoms with Crippen molar-refractivity contribution < 1.29 is 30.0 Å². The van der Waals surface area contributed by atoms with Crippen molar-refractivity contribution in [2.24, 2.45) is 0 Å². The van der Waals surface area contributed by atoms with Crippen LogP contribution in [-0.2, 0) is 9.59 Å². The van der Waals surface area contributed by atoms with Gasteiger partial charge in [-0.3, -0.25) is 19.4 Å². The van der Waals surface area contributed by atoms with E-state index in [1.165, 1.54) is 9.80 Å². The number of aliphatic hydroxyl groups excluding tert-OH is 2. The first kappa shape index (κ1) is 21.5. The first-order valence-corrected chi connectivity index (χ1v) is 8.76. The van der Waals surface area contributed by atoms with E-state index in [0.29, 0.717) is 11.1 Å². The Morgan fingerprint density at radius 1 is 0.679 bits per heavy atom. The molecular weight excluding hydrogens is 364 g/mol. The van der Waals surface area contributed by atoms with Crippen molar-refractivity contribution in [3.8, 4) is 0 Å². The number of carboxylic acids is 2. The van der Waals surface area contributed by atoms with Gasteiger partial charge in [0.1, 0.15) is 12.5 Å². The molecule has 0 aliphatic carbocycles. The maximum atomic E-state index is 11.2. The van der Waals surface area contributed by atoms with Gasteiger partial charge in [0.15, 0.2) is 0 Å². The highest BCUT2D eigenvalue weighted by Gasteiger charge is 2.24. The average Bonchev–Trinajstić information content (AvgIpc) is 2.69. The van der Waals surface area contributed by atoms with E-state index in [-0.39, 0.29) is 13.1 Å². The fraction of sp³-hybridized carbons (Fsp3) is 0.300. The molecule has 0 heterocycles. The summed E-state index contributed by atoms with van der Waals surface area (Å²) in [5, 5.41) is 39.4. The Balaban J connectivity index is 2.14. The summed E-state index contributed by atoms with van der Waals surface area (Å²) in [5.41, 5.74) is 1.05.